The molecule has 7 nitrogen and oxygen atoms in total. The van der Waals surface area contributed by atoms with Gasteiger partial charge in [-0.15, -0.1) is 0 Å². The van der Waals surface area contributed by atoms with E-state index in [1.165, 1.54) is 12.0 Å². The molecule has 1 aliphatic rings. The molecule has 0 saturated carbocycles. The molecule has 104 valence electrons. The van der Waals surface area contributed by atoms with Gasteiger partial charge in [0.05, 0.1) is 6.10 Å². The first-order chi connectivity index (χ1) is 8.54. The monoisotopic (exact) mass is 260 g/mol. The normalized spacial score (nSPS) is 18.4. The Balaban J connectivity index is 2.42. The van der Waals surface area contributed by atoms with Crippen molar-refractivity contribution in [1.82, 2.24) is 10.2 Å². The minimum absolute atomic E-state index is 0.230. The number of aliphatic carboxylic acids is 1. The molecule has 0 bridgehead atoms. The Morgan fingerprint density at radius 1 is 1.44 bits per heavy atom. The van der Waals surface area contributed by atoms with Crippen molar-refractivity contribution < 1.29 is 24.5 Å². The quantitative estimate of drug-likeness (QED) is 0.627. The predicted molar refractivity (Wildman–Crippen MR) is 63.3 cm³/mol. The third-order valence-electron chi connectivity index (χ3n) is 2.96. The van der Waals surface area contributed by atoms with Crippen LogP contribution >= 0.6 is 0 Å². The summed E-state index contributed by atoms with van der Waals surface area (Å²) in [5, 5.41) is 20.7. The molecule has 1 rings (SSSR count). The summed E-state index contributed by atoms with van der Waals surface area (Å²) < 4.78 is 4.80. The Morgan fingerprint density at radius 3 is 2.56 bits per heavy atom. The predicted octanol–water partition coefficient (Wildman–Crippen LogP) is -0.358. The molecule has 2 amide bonds. The second-order valence-corrected chi connectivity index (χ2v) is 4.34. The number of nitrogens with zero attached hydrogens (tertiary/aromatic N) is 1. The van der Waals surface area contributed by atoms with Crippen molar-refractivity contribution in [2.24, 2.45) is 0 Å². The molecule has 0 aromatic heterocycles. The van der Waals surface area contributed by atoms with Gasteiger partial charge in [0.1, 0.15) is 6.04 Å². The molecule has 7 heteroatoms. The lowest BCUT2D eigenvalue weighted by Crippen LogP contribution is -2.51. The van der Waals surface area contributed by atoms with E-state index in [0.29, 0.717) is 25.9 Å². The average Bonchev–Trinajstić information content (AvgIpc) is 2.34. The lowest BCUT2D eigenvalue weighted by molar-refractivity contribution is -0.139. The minimum Gasteiger partial charge on any atom is -0.480 e. The smallest absolute Gasteiger partial charge is 0.326 e. The largest absolute Gasteiger partial charge is 0.480 e. The van der Waals surface area contributed by atoms with Crippen molar-refractivity contribution in [2.75, 3.05) is 26.8 Å². The molecule has 0 aromatic rings. The van der Waals surface area contributed by atoms with E-state index in [-0.39, 0.29) is 19.1 Å². The molecule has 0 spiro atoms. The Labute approximate surface area is 106 Å². The lowest BCUT2D eigenvalue weighted by Gasteiger charge is -2.30. The lowest BCUT2D eigenvalue weighted by atomic mass is 10.1. The van der Waals surface area contributed by atoms with Gasteiger partial charge in [0.2, 0.25) is 0 Å². The van der Waals surface area contributed by atoms with Crippen LogP contribution in [0.1, 0.15) is 19.3 Å². The summed E-state index contributed by atoms with van der Waals surface area (Å²) in [6, 6.07) is -1.34. The Morgan fingerprint density at radius 2 is 2.06 bits per heavy atom. The summed E-state index contributed by atoms with van der Waals surface area (Å²) in [6.45, 7) is 1.17. The summed E-state index contributed by atoms with van der Waals surface area (Å²) in [5.74, 6) is -1.07. The maximum atomic E-state index is 11.8. The van der Waals surface area contributed by atoms with Gasteiger partial charge in [-0.25, -0.2) is 9.59 Å². The van der Waals surface area contributed by atoms with Crippen molar-refractivity contribution in [3.05, 3.63) is 0 Å². The summed E-state index contributed by atoms with van der Waals surface area (Å²) in [6.07, 6.45) is 0.929. The number of carboxylic acids is 1. The van der Waals surface area contributed by atoms with Crippen molar-refractivity contribution in [2.45, 2.75) is 31.4 Å². The van der Waals surface area contributed by atoms with E-state index in [9.17, 15) is 14.7 Å². The number of amides is 2. The summed E-state index contributed by atoms with van der Waals surface area (Å²) in [4.78, 5) is 24.3. The summed E-state index contributed by atoms with van der Waals surface area (Å²) in [7, 11) is 1.48. The van der Waals surface area contributed by atoms with Gasteiger partial charge in [-0.1, -0.05) is 0 Å². The number of ether oxygens (including phenoxy) is 1. The van der Waals surface area contributed by atoms with Crippen LogP contribution in [0.2, 0.25) is 0 Å². The molecular weight excluding hydrogens is 240 g/mol. The number of rotatable bonds is 5. The second kappa shape index (κ2) is 7.17. The first-order valence-corrected chi connectivity index (χ1v) is 6.00. The van der Waals surface area contributed by atoms with E-state index in [1.807, 2.05) is 0 Å². The number of aliphatic hydroxyl groups excluding tert-OH is 1. The molecule has 1 saturated heterocycles. The highest BCUT2D eigenvalue weighted by molar-refractivity contribution is 5.82. The fourth-order valence-corrected chi connectivity index (χ4v) is 1.80. The minimum atomic E-state index is -1.07. The first-order valence-electron chi connectivity index (χ1n) is 6.00. The molecule has 1 fully saturated rings. The van der Waals surface area contributed by atoms with Crippen LogP contribution in [-0.4, -0.2) is 66.1 Å². The average molecular weight is 260 g/mol. The maximum Gasteiger partial charge on any atom is 0.326 e. The highest BCUT2D eigenvalue weighted by Crippen LogP contribution is 2.10. The molecular formula is C11H20N2O5. The molecule has 3 N–H and O–H groups in total. The van der Waals surface area contributed by atoms with Gasteiger partial charge in [-0.3, -0.25) is 0 Å². The number of methoxy groups -OCH3 is 1. The highest BCUT2D eigenvalue weighted by atomic mass is 16.5. The summed E-state index contributed by atoms with van der Waals surface area (Å²) >= 11 is 0. The molecule has 0 aliphatic carbocycles. The van der Waals surface area contributed by atoms with Crippen LogP contribution in [0.25, 0.3) is 0 Å². The number of piperidine rings is 1. The number of urea groups is 1. The molecule has 0 radical (unpaired) electrons. The fourth-order valence-electron chi connectivity index (χ4n) is 1.80. The van der Waals surface area contributed by atoms with Crippen molar-refractivity contribution in [3.8, 4) is 0 Å². The van der Waals surface area contributed by atoms with Crippen LogP contribution in [-0.2, 0) is 9.53 Å². The third-order valence-corrected chi connectivity index (χ3v) is 2.96. The number of carbonyl (C=O) groups is 2. The zero-order chi connectivity index (χ0) is 13.5. The Hall–Kier alpha value is -1.34. The van der Waals surface area contributed by atoms with E-state index in [4.69, 9.17) is 9.84 Å². The van der Waals surface area contributed by atoms with Crippen LogP contribution < -0.4 is 5.32 Å². The van der Waals surface area contributed by atoms with Gasteiger partial charge >= 0.3 is 12.0 Å². The second-order valence-electron chi connectivity index (χ2n) is 4.34. The van der Waals surface area contributed by atoms with Crippen LogP contribution in [0.5, 0.6) is 0 Å². The van der Waals surface area contributed by atoms with Crippen LogP contribution in [0.15, 0.2) is 0 Å². The van der Waals surface area contributed by atoms with Crippen molar-refractivity contribution >= 4 is 12.0 Å². The molecule has 18 heavy (non-hydrogen) atoms. The third kappa shape index (κ3) is 4.50. The van der Waals surface area contributed by atoms with Gasteiger partial charge in [0.25, 0.3) is 0 Å². The van der Waals surface area contributed by atoms with Crippen LogP contribution in [0.3, 0.4) is 0 Å². The standard InChI is InChI=1S/C11H20N2O5/c1-18-7-4-9(10(15)16)12-11(17)13-5-2-8(14)3-6-13/h8-9,14H,2-7H2,1H3,(H,12,17)(H,15,16). The van der Waals surface area contributed by atoms with Gasteiger partial charge < -0.3 is 25.2 Å². The van der Waals surface area contributed by atoms with Gasteiger partial charge in [-0.05, 0) is 12.8 Å². The fraction of sp³-hybridized carbons (Fsp3) is 0.818. The first kappa shape index (κ1) is 14.7. The van der Waals surface area contributed by atoms with Gasteiger partial charge in [0.15, 0.2) is 0 Å². The topological polar surface area (TPSA) is 99.1 Å². The number of aliphatic hydroxyl groups is 1. The molecule has 1 heterocycles. The van der Waals surface area contributed by atoms with E-state index in [1.54, 1.807) is 0 Å². The number of nitrogens with one attached hydrogen (secondary N) is 1. The Kier molecular flexibility index (Phi) is 5.87. The number of likely N-dealkylation sites (tertiary alicyclic amines) is 1. The van der Waals surface area contributed by atoms with Gasteiger partial charge in [0, 0.05) is 33.2 Å². The SMILES string of the molecule is COCCC(NC(=O)N1CCC(O)CC1)C(=O)O. The highest BCUT2D eigenvalue weighted by Gasteiger charge is 2.25. The maximum absolute atomic E-state index is 11.8. The van der Waals surface area contributed by atoms with E-state index in [0.717, 1.165) is 0 Å². The summed E-state index contributed by atoms with van der Waals surface area (Å²) in [5.41, 5.74) is 0. The number of hydrogen-bond acceptors (Lipinski definition) is 4. The molecule has 1 atom stereocenters. The number of carboxylic acid groups (broad SMARTS) is 1. The van der Waals surface area contributed by atoms with Crippen molar-refractivity contribution in [1.29, 1.82) is 0 Å². The van der Waals surface area contributed by atoms with Crippen LogP contribution in [0.4, 0.5) is 4.79 Å². The number of carbonyl (C=O) groups excluding carboxylic acids is 1. The zero-order valence-electron chi connectivity index (χ0n) is 10.5. The van der Waals surface area contributed by atoms with Gasteiger partial charge in [-0.2, -0.15) is 0 Å². The van der Waals surface area contributed by atoms with E-state index >= 15 is 0 Å². The van der Waals surface area contributed by atoms with E-state index in [2.05, 4.69) is 5.32 Å². The molecule has 0 aromatic carbocycles. The Bertz CT molecular complexity index is 289. The number of hydrogen-bond donors (Lipinski definition) is 3. The van der Waals surface area contributed by atoms with E-state index < -0.39 is 18.0 Å². The van der Waals surface area contributed by atoms with Crippen molar-refractivity contribution in [3.63, 3.8) is 0 Å². The zero-order valence-corrected chi connectivity index (χ0v) is 10.5. The molecule has 1 aliphatic heterocycles. The van der Waals surface area contributed by atoms with Crippen LogP contribution in [0, 0.1) is 0 Å². The molecule has 1 unspecified atom stereocenters.